The molecule has 2 aromatic heterocycles. The summed E-state index contributed by atoms with van der Waals surface area (Å²) in [6.45, 7) is 4.03. The van der Waals surface area contributed by atoms with Crippen LogP contribution in [0.25, 0.3) is 0 Å². The van der Waals surface area contributed by atoms with Gasteiger partial charge in [-0.3, -0.25) is 4.68 Å². The van der Waals surface area contributed by atoms with Crippen LogP contribution in [-0.4, -0.2) is 46.9 Å². The normalized spacial score (nSPS) is 18.6. The van der Waals surface area contributed by atoms with Gasteiger partial charge in [0.1, 0.15) is 5.82 Å². The number of hydrogen-bond acceptors (Lipinski definition) is 5. The van der Waals surface area contributed by atoms with E-state index in [1.807, 2.05) is 37.5 Å². The zero-order valence-electron chi connectivity index (χ0n) is 12.2. The number of aromatic nitrogens is 4. The summed E-state index contributed by atoms with van der Waals surface area (Å²) in [4.78, 5) is 13.1. The first-order chi connectivity index (χ1) is 9.63. The molecular weight excluding hydrogens is 252 g/mol. The third-order valence-electron chi connectivity index (χ3n) is 3.62. The van der Waals surface area contributed by atoms with E-state index in [0.29, 0.717) is 6.04 Å². The largest absolute Gasteiger partial charge is 0.354 e. The summed E-state index contributed by atoms with van der Waals surface area (Å²) in [6.07, 6.45) is 6.95. The monoisotopic (exact) mass is 272 g/mol. The van der Waals surface area contributed by atoms with Crippen molar-refractivity contribution < 1.29 is 0 Å². The summed E-state index contributed by atoms with van der Waals surface area (Å²) < 4.78 is 2.07. The van der Waals surface area contributed by atoms with Crippen molar-refractivity contribution in [2.45, 2.75) is 19.4 Å². The Labute approximate surface area is 119 Å². The van der Waals surface area contributed by atoms with Gasteiger partial charge in [0, 0.05) is 39.6 Å². The molecule has 3 heterocycles. The van der Waals surface area contributed by atoms with Crippen molar-refractivity contribution in [2.24, 2.45) is 0 Å². The van der Waals surface area contributed by atoms with Gasteiger partial charge in [-0.15, -0.1) is 0 Å². The summed E-state index contributed by atoms with van der Waals surface area (Å²) in [7, 11) is 3.91. The van der Waals surface area contributed by atoms with Crippen LogP contribution < -0.4 is 9.80 Å². The van der Waals surface area contributed by atoms with Gasteiger partial charge < -0.3 is 9.80 Å². The van der Waals surface area contributed by atoms with E-state index in [0.717, 1.165) is 31.3 Å². The molecule has 1 unspecified atom stereocenters. The molecule has 0 amide bonds. The molecule has 1 fully saturated rings. The fourth-order valence-corrected chi connectivity index (χ4v) is 2.53. The quantitative estimate of drug-likeness (QED) is 0.847. The maximum Gasteiger partial charge on any atom is 0.226 e. The molecule has 6 heteroatoms. The molecule has 6 nitrogen and oxygen atoms in total. The molecular formula is C14H20N6. The lowest BCUT2D eigenvalue weighted by molar-refractivity contribution is 0.494. The predicted octanol–water partition coefficient (Wildman–Crippen LogP) is 1.50. The smallest absolute Gasteiger partial charge is 0.226 e. The summed E-state index contributed by atoms with van der Waals surface area (Å²) in [5.74, 6) is 1.75. The molecule has 1 atom stereocenters. The number of nitrogens with zero attached hydrogens (tertiary/aromatic N) is 6. The van der Waals surface area contributed by atoms with Crippen molar-refractivity contribution in [1.82, 2.24) is 19.7 Å². The van der Waals surface area contributed by atoms with Crippen LogP contribution in [-0.2, 0) is 0 Å². The topological polar surface area (TPSA) is 50.1 Å². The average Bonchev–Trinajstić information content (AvgIpc) is 3.07. The third kappa shape index (κ3) is 2.45. The minimum Gasteiger partial charge on any atom is -0.354 e. The van der Waals surface area contributed by atoms with Crippen LogP contribution >= 0.6 is 0 Å². The van der Waals surface area contributed by atoms with Crippen molar-refractivity contribution in [3.63, 3.8) is 0 Å². The molecule has 0 saturated carbocycles. The lowest BCUT2D eigenvalue weighted by atomic mass is 10.3. The van der Waals surface area contributed by atoms with Crippen molar-refractivity contribution in [2.75, 3.05) is 37.0 Å². The highest BCUT2D eigenvalue weighted by Crippen LogP contribution is 2.25. The van der Waals surface area contributed by atoms with E-state index in [1.54, 1.807) is 0 Å². The minimum absolute atomic E-state index is 0.432. The Morgan fingerprint density at radius 1 is 1.35 bits per heavy atom. The van der Waals surface area contributed by atoms with Crippen LogP contribution in [0.2, 0.25) is 0 Å². The van der Waals surface area contributed by atoms with E-state index in [9.17, 15) is 0 Å². The second kappa shape index (κ2) is 5.11. The maximum absolute atomic E-state index is 4.60. The molecule has 2 aromatic rings. The lowest BCUT2D eigenvalue weighted by Gasteiger charge is -2.19. The number of aryl methyl sites for hydroxylation is 1. The summed E-state index contributed by atoms with van der Waals surface area (Å²) >= 11 is 0. The SMILES string of the molecule is Cc1cnn(C2CCN(c3ccnc(N(C)C)n3)C2)c1. The van der Waals surface area contributed by atoms with Gasteiger partial charge in [-0.25, -0.2) is 4.98 Å². The molecule has 0 N–H and O–H groups in total. The van der Waals surface area contributed by atoms with Gasteiger partial charge in [0.25, 0.3) is 0 Å². The number of rotatable bonds is 3. The minimum atomic E-state index is 0.432. The van der Waals surface area contributed by atoms with Crippen molar-refractivity contribution in [3.05, 3.63) is 30.2 Å². The van der Waals surface area contributed by atoms with Crippen LogP contribution in [0.4, 0.5) is 11.8 Å². The molecule has 0 spiro atoms. The third-order valence-corrected chi connectivity index (χ3v) is 3.62. The number of hydrogen-bond donors (Lipinski definition) is 0. The molecule has 1 aliphatic rings. The Kier molecular flexibility index (Phi) is 3.30. The fourth-order valence-electron chi connectivity index (χ4n) is 2.53. The molecule has 0 aromatic carbocycles. The molecule has 0 radical (unpaired) electrons. The van der Waals surface area contributed by atoms with Gasteiger partial charge in [0.15, 0.2) is 0 Å². The highest BCUT2D eigenvalue weighted by Gasteiger charge is 2.25. The Hall–Kier alpha value is -2.11. The predicted molar refractivity (Wildman–Crippen MR) is 79.2 cm³/mol. The highest BCUT2D eigenvalue weighted by atomic mass is 15.3. The van der Waals surface area contributed by atoms with Crippen LogP contribution in [0.3, 0.4) is 0 Å². The molecule has 3 rings (SSSR count). The Balaban J connectivity index is 1.75. The van der Waals surface area contributed by atoms with Crippen LogP contribution in [0.1, 0.15) is 18.0 Å². The molecule has 106 valence electrons. The summed E-state index contributed by atoms with van der Waals surface area (Å²) in [5, 5.41) is 4.42. The van der Waals surface area contributed by atoms with Gasteiger partial charge in [0.05, 0.1) is 12.2 Å². The maximum atomic E-state index is 4.60. The van der Waals surface area contributed by atoms with Crippen molar-refractivity contribution >= 4 is 11.8 Å². The van der Waals surface area contributed by atoms with E-state index in [-0.39, 0.29) is 0 Å². The van der Waals surface area contributed by atoms with Crippen LogP contribution in [0, 0.1) is 6.92 Å². The van der Waals surface area contributed by atoms with Gasteiger partial charge in [-0.05, 0) is 25.0 Å². The van der Waals surface area contributed by atoms with E-state index < -0.39 is 0 Å². The van der Waals surface area contributed by atoms with E-state index in [1.165, 1.54) is 5.56 Å². The molecule has 1 aliphatic heterocycles. The molecule has 1 saturated heterocycles. The number of anilines is 2. The van der Waals surface area contributed by atoms with E-state index >= 15 is 0 Å². The standard InChI is InChI=1S/C14H20N6/c1-11-8-16-20(9-11)12-5-7-19(10-12)13-4-6-15-14(17-13)18(2)3/h4,6,8-9,12H,5,7,10H2,1-3H3. The fraction of sp³-hybridized carbons (Fsp3) is 0.500. The zero-order valence-corrected chi connectivity index (χ0v) is 12.2. The molecule has 20 heavy (non-hydrogen) atoms. The van der Waals surface area contributed by atoms with E-state index in [4.69, 9.17) is 0 Å². The van der Waals surface area contributed by atoms with Crippen LogP contribution in [0.15, 0.2) is 24.7 Å². The van der Waals surface area contributed by atoms with Crippen LogP contribution in [0.5, 0.6) is 0 Å². The second-order valence-electron chi connectivity index (χ2n) is 5.50. The van der Waals surface area contributed by atoms with Gasteiger partial charge in [-0.1, -0.05) is 0 Å². The van der Waals surface area contributed by atoms with E-state index in [2.05, 4.69) is 37.8 Å². The first-order valence-corrected chi connectivity index (χ1v) is 6.89. The summed E-state index contributed by atoms with van der Waals surface area (Å²) in [5.41, 5.74) is 1.21. The first-order valence-electron chi connectivity index (χ1n) is 6.89. The van der Waals surface area contributed by atoms with Gasteiger partial charge in [0.2, 0.25) is 5.95 Å². The molecule has 0 aliphatic carbocycles. The van der Waals surface area contributed by atoms with Gasteiger partial charge >= 0.3 is 0 Å². The highest BCUT2D eigenvalue weighted by molar-refractivity contribution is 5.44. The van der Waals surface area contributed by atoms with Gasteiger partial charge in [-0.2, -0.15) is 10.1 Å². The Morgan fingerprint density at radius 3 is 2.90 bits per heavy atom. The Morgan fingerprint density at radius 2 is 2.20 bits per heavy atom. The Bertz CT molecular complexity index is 591. The summed E-state index contributed by atoms with van der Waals surface area (Å²) in [6, 6.07) is 2.41. The second-order valence-corrected chi connectivity index (χ2v) is 5.50. The molecule has 0 bridgehead atoms. The lowest BCUT2D eigenvalue weighted by Crippen LogP contribution is -2.23. The zero-order chi connectivity index (χ0) is 14.1. The van der Waals surface area contributed by atoms with Crippen molar-refractivity contribution in [1.29, 1.82) is 0 Å². The van der Waals surface area contributed by atoms with Crippen molar-refractivity contribution in [3.8, 4) is 0 Å². The average molecular weight is 272 g/mol. The first kappa shape index (κ1) is 12.9.